The van der Waals surface area contributed by atoms with Crippen LogP contribution in [0.4, 0.5) is 5.82 Å². The van der Waals surface area contributed by atoms with Gasteiger partial charge in [-0.05, 0) is 19.1 Å². The summed E-state index contributed by atoms with van der Waals surface area (Å²) in [6.45, 7) is 8.78. The van der Waals surface area contributed by atoms with Crippen LogP contribution < -0.4 is 4.90 Å². The Morgan fingerprint density at radius 2 is 1.89 bits per heavy atom. The molecule has 8 heteroatoms. The van der Waals surface area contributed by atoms with Crippen molar-refractivity contribution >= 4 is 11.7 Å². The Hall–Kier alpha value is -3.16. The molecule has 0 spiro atoms. The minimum atomic E-state index is -0.136. The molecule has 0 atom stereocenters. The lowest BCUT2D eigenvalue weighted by atomic mass is 10.2. The van der Waals surface area contributed by atoms with Crippen LogP contribution in [-0.4, -0.2) is 52.1 Å². The molecule has 1 aliphatic heterocycles. The number of amides is 1. The molecule has 28 heavy (non-hydrogen) atoms. The van der Waals surface area contributed by atoms with Gasteiger partial charge < -0.3 is 18.7 Å². The van der Waals surface area contributed by atoms with Gasteiger partial charge in [0.15, 0.2) is 11.5 Å². The first kappa shape index (κ1) is 18.2. The Kier molecular flexibility index (Phi) is 4.85. The minimum Gasteiger partial charge on any atom is -0.461 e. The molecule has 0 bridgehead atoms. The first-order chi connectivity index (χ1) is 13.5. The third kappa shape index (κ3) is 3.62. The zero-order chi connectivity index (χ0) is 19.7. The summed E-state index contributed by atoms with van der Waals surface area (Å²) in [5, 5.41) is 3.91. The van der Waals surface area contributed by atoms with E-state index in [4.69, 9.17) is 13.9 Å². The minimum absolute atomic E-state index is 0.136. The third-order valence-electron chi connectivity index (χ3n) is 4.76. The van der Waals surface area contributed by atoms with Gasteiger partial charge in [0, 0.05) is 49.9 Å². The van der Waals surface area contributed by atoms with Crippen LogP contribution in [-0.2, 0) is 0 Å². The highest BCUT2D eigenvalue weighted by Gasteiger charge is 2.26. The van der Waals surface area contributed by atoms with Crippen LogP contribution in [0.25, 0.3) is 11.5 Å². The Morgan fingerprint density at radius 3 is 2.57 bits per heavy atom. The SMILES string of the molecule is Cc1cc(N2CCN(C(=O)c3cc(-c4ccco4)on3)CC2)nc(C(C)C)n1. The maximum Gasteiger partial charge on any atom is 0.276 e. The largest absolute Gasteiger partial charge is 0.461 e. The van der Waals surface area contributed by atoms with Crippen molar-refractivity contribution in [2.75, 3.05) is 31.1 Å². The van der Waals surface area contributed by atoms with E-state index in [1.807, 2.05) is 13.0 Å². The number of hydrogen-bond donors (Lipinski definition) is 0. The van der Waals surface area contributed by atoms with Crippen LogP contribution in [0.15, 0.2) is 39.5 Å². The third-order valence-corrected chi connectivity index (χ3v) is 4.76. The Bertz CT molecular complexity index is 956. The molecule has 0 aliphatic carbocycles. The molecule has 1 aliphatic rings. The van der Waals surface area contributed by atoms with Gasteiger partial charge in [-0.25, -0.2) is 9.97 Å². The van der Waals surface area contributed by atoms with E-state index in [9.17, 15) is 4.79 Å². The van der Waals surface area contributed by atoms with Gasteiger partial charge in [-0.1, -0.05) is 19.0 Å². The Labute approximate surface area is 163 Å². The van der Waals surface area contributed by atoms with Gasteiger partial charge in [-0.2, -0.15) is 0 Å². The predicted molar refractivity (Wildman–Crippen MR) is 103 cm³/mol. The molecule has 3 aromatic heterocycles. The summed E-state index contributed by atoms with van der Waals surface area (Å²) in [6, 6.07) is 7.15. The fourth-order valence-corrected chi connectivity index (χ4v) is 3.21. The van der Waals surface area contributed by atoms with Crippen molar-refractivity contribution in [1.82, 2.24) is 20.0 Å². The smallest absolute Gasteiger partial charge is 0.276 e. The van der Waals surface area contributed by atoms with E-state index >= 15 is 0 Å². The van der Waals surface area contributed by atoms with Crippen molar-refractivity contribution in [3.05, 3.63) is 47.7 Å². The zero-order valence-corrected chi connectivity index (χ0v) is 16.3. The number of anilines is 1. The fraction of sp³-hybridized carbons (Fsp3) is 0.400. The summed E-state index contributed by atoms with van der Waals surface area (Å²) in [5.74, 6) is 2.91. The second-order valence-corrected chi connectivity index (χ2v) is 7.21. The van der Waals surface area contributed by atoms with Crippen LogP contribution in [0.2, 0.25) is 0 Å². The van der Waals surface area contributed by atoms with Crippen LogP contribution >= 0.6 is 0 Å². The number of furan rings is 1. The molecular formula is C20H23N5O3. The summed E-state index contributed by atoms with van der Waals surface area (Å²) < 4.78 is 10.5. The Morgan fingerprint density at radius 1 is 1.11 bits per heavy atom. The first-order valence-electron chi connectivity index (χ1n) is 9.41. The summed E-state index contributed by atoms with van der Waals surface area (Å²) >= 11 is 0. The average Bonchev–Trinajstić information content (AvgIpc) is 3.38. The molecule has 3 aromatic rings. The summed E-state index contributed by atoms with van der Waals surface area (Å²) in [4.78, 5) is 25.9. The number of carbonyl (C=O) groups excluding carboxylic acids is 1. The molecule has 1 fully saturated rings. The molecule has 1 amide bonds. The molecular weight excluding hydrogens is 358 g/mol. The second-order valence-electron chi connectivity index (χ2n) is 7.21. The number of aryl methyl sites for hydroxylation is 1. The van der Waals surface area contributed by atoms with E-state index in [-0.39, 0.29) is 11.8 Å². The normalized spacial score (nSPS) is 14.7. The average molecular weight is 381 g/mol. The van der Waals surface area contributed by atoms with Crippen LogP contribution in [0.3, 0.4) is 0 Å². The quantitative estimate of drug-likeness (QED) is 0.686. The molecule has 0 unspecified atom stereocenters. The van der Waals surface area contributed by atoms with Crippen molar-refractivity contribution in [2.45, 2.75) is 26.7 Å². The lowest BCUT2D eigenvalue weighted by molar-refractivity contribution is 0.0736. The molecule has 4 heterocycles. The first-order valence-corrected chi connectivity index (χ1v) is 9.41. The summed E-state index contributed by atoms with van der Waals surface area (Å²) in [5.41, 5.74) is 1.25. The Balaban J connectivity index is 1.42. The highest BCUT2D eigenvalue weighted by atomic mass is 16.5. The van der Waals surface area contributed by atoms with Crippen LogP contribution in [0.5, 0.6) is 0 Å². The standard InChI is InChI=1S/C20H23N5O3/c1-13(2)19-21-14(3)11-18(22-19)24-6-8-25(9-7-24)20(26)15-12-17(28-23-15)16-5-4-10-27-16/h4-5,10-13H,6-9H2,1-3H3. The lowest BCUT2D eigenvalue weighted by Gasteiger charge is -2.35. The van der Waals surface area contributed by atoms with E-state index in [0.717, 1.165) is 17.3 Å². The monoisotopic (exact) mass is 381 g/mol. The van der Waals surface area contributed by atoms with Gasteiger partial charge >= 0.3 is 0 Å². The van der Waals surface area contributed by atoms with Gasteiger partial charge in [-0.3, -0.25) is 4.79 Å². The van der Waals surface area contributed by atoms with Crippen molar-refractivity contribution in [3.8, 4) is 11.5 Å². The maximum absolute atomic E-state index is 12.8. The van der Waals surface area contributed by atoms with Crippen molar-refractivity contribution in [1.29, 1.82) is 0 Å². The number of carbonyl (C=O) groups is 1. The molecule has 4 rings (SSSR count). The topological polar surface area (TPSA) is 88.5 Å². The second kappa shape index (κ2) is 7.46. The molecule has 0 N–H and O–H groups in total. The highest BCUT2D eigenvalue weighted by molar-refractivity contribution is 5.93. The van der Waals surface area contributed by atoms with Crippen LogP contribution in [0, 0.1) is 6.92 Å². The molecule has 0 aromatic carbocycles. The molecule has 0 saturated carbocycles. The predicted octanol–water partition coefficient (Wildman–Crippen LogP) is 3.12. The highest BCUT2D eigenvalue weighted by Crippen LogP contribution is 2.22. The van der Waals surface area contributed by atoms with Gasteiger partial charge in [0.05, 0.1) is 6.26 Å². The molecule has 146 valence electrons. The van der Waals surface area contributed by atoms with Gasteiger partial charge in [0.1, 0.15) is 11.6 Å². The number of hydrogen-bond acceptors (Lipinski definition) is 7. The molecule has 1 saturated heterocycles. The van der Waals surface area contributed by atoms with Crippen molar-refractivity contribution < 1.29 is 13.7 Å². The van der Waals surface area contributed by atoms with Gasteiger partial charge in [-0.15, -0.1) is 0 Å². The number of rotatable bonds is 4. The molecule has 8 nitrogen and oxygen atoms in total. The van der Waals surface area contributed by atoms with E-state index < -0.39 is 0 Å². The van der Waals surface area contributed by atoms with E-state index in [1.165, 1.54) is 0 Å². The van der Waals surface area contributed by atoms with E-state index in [0.29, 0.717) is 43.4 Å². The van der Waals surface area contributed by atoms with Gasteiger partial charge in [0.2, 0.25) is 5.76 Å². The van der Waals surface area contributed by atoms with Crippen molar-refractivity contribution in [2.24, 2.45) is 0 Å². The van der Waals surface area contributed by atoms with E-state index in [2.05, 4.69) is 28.9 Å². The molecule has 0 radical (unpaired) electrons. The van der Waals surface area contributed by atoms with Crippen molar-refractivity contribution in [3.63, 3.8) is 0 Å². The number of nitrogens with zero attached hydrogens (tertiary/aromatic N) is 5. The number of piperazine rings is 1. The fourth-order valence-electron chi connectivity index (χ4n) is 3.21. The number of aromatic nitrogens is 3. The van der Waals surface area contributed by atoms with Crippen LogP contribution in [0.1, 0.15) is 41.8 Å². The summed E-state index contributed by atoms with van der Waals surface area (Å²) in [6.07, 6.45) is 1.55. The van der Waals surface area contributed by atoms with Gasteiger partial charge in [0.25, 0.3) is 5.91 Å². The maximum atomic E-state index is 12.8. The van der Waals surface area contributed by atoms with E-state index in [1.54, 1.807) is 29.4 Å². The zero-order valence-electron chi connectivity index (χ0n) is 16.3. The lowest BCUT2D eigenvalue weighted by Crippen LogP contribution is -2.49. The summed E-state index contributed by atoms with van der Waals surface area (Å²) in [7, 11) is 0.